The maximum Gasteiger partial charge on any atom is 0.257 e. The van der Waals surface area contributed by atoms with E-state index in [1.807, 2.05) is 25.8 Å². The number of nitrogens with one attached hydrogen (secondary N) is 1. The van der Waals surface area contributed by atoms with Gasteiger partial charge in [0.05, 0.1) is 17.5 Å². The van der Waals surface area contributed by atoms with Crippen molar-refractivity contribution in [3.8, 4) is 0 Å². The summed E-state index contributed by atoms with van der Waals surface area (Å²) in [6.45, 7) is 1.52. The van der Waals surface area contributed by atoms with E-state index < -0.39 is 0 Å². The molecule has 0 radical (unpaired) electrons. The summed E-state index contributed by atoms with van der Waals surface area (Å²) in [5.74, 6) is 0.620. The van der Waals surface area contributed by atoms with Gasteiger partial charge in [0.25, 0.3) is 5.91 Å². The van der Waals surface area contributed by atoms with Crippen molar-refractivity contribution in [2.75, 3.05) is 27.2 Å². The van der Waals surface area contributed by atoms with Crippen molar-refractivity contribution in [1.29, 1.82) is 0 Å². The van der Waals surface area contributed by atoms with E-state index in [0.29, 0.717) is 12.5 Å². The van der Waals surface area contributed by atoms with Gasteiger partial charge in [-0.3, -0.25) is 9.48 Å². The van der Waals surface area contributed by atoms with Gasteiger partial charge in [-0.25, -0.2) is 0 Å². The molecular formula is C12H21ClN4O. The largest absolute Gasteiger partial charge is 0.340 e. The molecule has 102 valence electrons. The third-order valence-corrected chi connectivity index (χ3v) is 3.22. The fraction of sp³-hybridized carbons (Fsp3) is 0.667. The van der Waals surface area contributed by atoms with Crippen molar-refractivity contribution in [2.45, 2.75) is 18.8 Å². The fourth-order valence-corrected chi connectivity index (χ4v) is 2.04. The van der Waals surface area contributed by atoms with Crippen molar-refractivity contribution >= 4 is 18.3 Å². The van der Waals surface area contributed by atoms with Crippen LogP contribution in [0, 0.1) is 0 Å². The smallest absolute Gasteiger partial charge is 0.257 e. The minimum atomic E-state index is 0. The van der Waals surface area contributed by atoms with Crippen molar-refractivity contribution in [1.82, 2.24) is 20.0 Å². The molecule has 5 nitrogen and oxygen atoms in total. The van der Waals surface area contributed by atoms with Crippen LogP contribution in [0.2, 0.25) is 0 Å². The Morgan fingerprint density at radius 1 is 1.61 bits per heavy atom. The molecule has 2 rings (SSSR count). The number of likely N-dealkylation sites (N-methyl/N-ethyl adjacent to an activating group) is 2. The van der Waals surface area contributed by atoms with E-state index in [4.69, 9.17) is 0 Å². The standard InChI is InChI=1S/C12H20N4O.ClH/c1-13-6-7-15(2)12(17)10-8-14-16(3)11(10)9-4-5-9;/h8-9,13H,4-7H2,1-3H3;1H. The van der Waals surface area contributed by atoms with Crippen LogP contribution in [0.25, 0.3) is 0 Å². The second-order valence-electron chi connectivity index (χ2n) is 4.67. The highest BCUT2D eigenvalue weighted by Crippen LogP contribution is 2.41. The number of aryl methyl sites for hydroxylation is 1. The topological polar surface area (TPSA) is 50.2 Å². The molecule has 1 aliphatic rings. The Kier molecular flexibility index (Phi) is 5.16. The number of carbonyl (C=O) groups excluding carboxylic acids is 1. The van der Waals surface area contributed by atoms with Crippen molar-refractivity contribution in [3.63, 3.8) is 0 Å². The minimum absolute atomic E-state index is 0. The zero-order chi connectivity index (χ0) is 12.4. The van der Waals surface area contributed by atoms with Gasteiger partial charge in [-0.1, -0.05) is 0 Å². The van der Waals surface area contributed by atoms with Gasteiger partial charge in [-0.15, -0.1) is 12.4 Å². The van der Waals surface area contributed by atoms with E-state index >= 15 is 0 Å². The first-order valence-electron chi connectivity index (χ1n) is 6.07. The van der Waals surface area contributed by atoms with Gasteiger partial charge in [-0.2, -0.15) is 5.10 Å². The van der Waals surface area contributed by atoms with Gasteiger partial charge in [0, 0.05) is 33.1 Å². The Balaban J connectivity index is 0.00000162. The molecule has 0 aromatic carbocycles. The molecule has 0 atom stereocenters. The van der Waals surface area contributed by atoms with E-state index in [1.165, 1.54) is 12.8 Å². The molecule has 0 spiro atoms. The molecule has 1 aromatic rings. The Bertz CT molecular complexity index is 414. The predicted molar refractivity (Wildman–Crippen MR) is 73.3 cm³/mol. The minimum Gasteiger partial charge on any atom is -0.340 e. The lowest BCUT2D eigenvalue weighted by atomic mass is 10.1. The van der Waals surface area contributed by atoms with Gasteiger partial charge >= 0.3 is 0 Å². The zero-order valence-electron chi connectivity index (χ0n) is 11.1. The summed E-state index contributed by atoms with van der Waals surface area (Å²) in [5, 5.41) is 7.26. The van der Waals surface area contributed by atoms with Gasteiger partial charge in [-0.05, 0) is 19.9 Å². The summed E-state index contributed by atoms with van der Waals surface area (Å²) < 4.78 is 1.84. The zero-order valence-corrected chi connectivity index (χ0v) is 12.0. The van der Waals surface area contributed by atoms with E-state index in [9.17, 15) is 4.79 Å². The van der Waals surface area contributed by atoms with Gasteiger partial charge < -0.3 is 10.2 Å². The van der Waals surface area contributed by atoms with Crippen LogP contribution in [0.15, 0.2) is 6.20 Å². The number of aromatic nitrogens is 2. The molecule has 1 aliphatic carbocycles. The summed E-state index contributed by atoms with van der Waals surface area (Å²) in [7, 11) is 5.64. The lowest BCUT2D eigenvalue weighted by molar-refractivity contribution is 0.0795. The van der Waals surface area contributed by atoms with Crippen LogP contribution < -0.4 is 5.32 Å². The van der Waals surface area contributed by atoms with E-state index in [1.54, 1.807) is 11.1 Å². The monoisotopic (exact) mass is 272 g/mol. The van der Waals surface area contributed by atoms with Crippen LogP contribution in [-0.4, -0.2) is 47.8 Å². The maximum absolute atomic E-state index is 12.3. The molecule has 6 heteroatoms. The Hall–Kier alpha value is -1.07. The molecule has 18 heavy (non-hydrogen) atoms. The summed E-state index contributed by atoms with van der Waals surface area (Å²) >= 11 is 0. The number of rotatable bonds is 5. The van der Waals surface area contributed by atoms with E-state index in [0.717, 1.165) is 17.8 Å². The molecule has 1 heterocycles. The first kappa shape index (κ1) is 15.0. The molecule has 0 aliphatic heterocycles. The summed E-state index contributed by atoms with van der Waals surface area (Å²) in [5.41, 5.74) is 1.87. The Labute approximate surface area is 114 Å². The Morgan fingerprint density at radius 3 is 2.83 bits per heavy atom. The van der Waals surface area contributed by atoms with Crippen LogP contribution in [0.1, 0.15) is 34.8 Å². The molecule has 1 amide bonds. The Morgan fingerprint density at radius 2 is 2.28 bits per heavy atom. The molecule has 1 saturated carbocycles. The molecule has 0 unspecified atom stereocenters. The van der Waals surface area contributed by atoms with Crippen molar-refractivity contribution in [2.24, 2.45) is 7.05 Å². The van der Waals surface area contributed by atoms with E-state index in [2.05, 4.69) is 10.4 Å². The van der Waals surface area contributed by atoms with Gasteiger partial charge in [0.15, 0.2) is 0 Å². The van der Waals surface area contributed by atoms with Crippen LogP contribution in [0.3, 0.4) is 0 Å². The predicted octanol–water partition coefficient (Wildman–Crippen LogP) is 1.01. The second-order valence-corrected chi connectivity index (χ2v) is 4.67. The normalized spacial score (nSPS) is 14.2. The maximum atomic E-state index is 12.3. The lowest BCUT2D eigenvalue weighted by Gasteiger charge is -2.17. The molecule has 0 bridgehead atoms. The third kappa shape index (κ3) is 3.03. The van der Waals surface area contributed by atoms with Crippen LogP contribution in [0.5, 0.6) is 0 Å². The highest BCUT2D eigenvalue weighted by Gasteiger charge is 2.32. The molecule has 1 fully saturated rings. The molecule has 1 N–H and O–H groups in total. The number of hydrogen-bond donors (Lipinski definition) is 1. The summed E-state index contributed by atoms with van der Waals surface area (Å²) in [6.07, 6.45) is 4.06. The first-order chi connectivity index (χ1) is 8.15. The molecule has 1 aromatic heterocycles. The molecular weight excluding hydrogens is 252 g/mol. The fourth-order valence-electron chi connectivity index (χ4n) is 2.04. The number of halogens is 1. The first-order valence-corrected chi connectivity index (χ1v) is 6.07. The summed E-state index contributed by atoms with van der Waals surface area (Å²) in [6, 6.07) is 0. The summed E-state index contributed by atoms with van der Waals surface area (Å²) in [4.78, 5) is 14.0. The number of hydrogen-bond acceptors (Lipinski definition) is 3. The highest BCUT2D eigenvalue weighted by atomic mass is 35.5. The quantitative estimate of drug-likeness (QED) is 0.870. The molecule has 0 saturated heterocycles. The van der Waals surface area contributed by atoms with Crippen molar-refractivity contribution in [3.05, 3.63) is 17.5 Å². The number of nitrogens with zero attached hydrogens (tertiary/aromatic N) is 3. The number of carbonyl (C=O) groups is 1. The van der Waals surface area contributed by atoms with Crippen LogP contribution in [-0.2, 0) is 7.05 Å². The average Bonchev–Trinajstić information content (AvgIpc) is 3.08. The third-order valence-electron chi connectivity index (χ3n) is 3.22. The number of amides is 1. The van der Waals surface area contributed by atoms with Crippen LogP contribution >= 0.6 is 12.4 Å². The second kappa shape index (κ2) is 6.20. The van der Waals surface area contributed by atoms with E-state index in [-0.39, 0.29) is 18.3 Å². The average molecular weight is 273 g/mol. The van der Waals surface area contributed by atoms with Gasteiger partial charge in [0.2, 0.25) is 0 Å². The lowest BCUT2D eigenvalue weighted by Crippen LogP contribution is -2.33. The highest BCUT2D eigenvalue weighted by molar-refractivity contribution is 5.95. The van der Waals surface area contributed by atoms with Crippen molar-refractivity contribution < 1.29 is 4.79 Å². The SMILES string of the molecule is CNCCN(C)C(=O)c1cnn(C)c1C1CC1.Cl. The van der Waals surface area contributed by atoms with Crippen LogP contribution in [0.4, 0.5) is 0 Å². The van der Waals surface area contributed by atoms with Gasteiger partial charge in [0.1, 0.15) is 0 Å².